The van der Waals surface area contributed by atoms with E-state index in [1.165, 1.54) is 18.1 Å². The third kappa shape index (κ3) is 3.06. The second-order valence-electron chi connectivity index (χ2n) is 7.59. The third-order valence-corrected chi connectivity index (χ3v) is 5.83. The monoisotopic (exact) mass is 447 g/mol. The maximum absolute atomic E-state index is 13.5. The van der Waals surface area contributed by atoms with Crippen LogP contribution in [0.5, 0.6) is 0 Å². The molecule has 168 valence electrons. The van der Waals surface area contributed by atoms with Crippen LogP contribution in [0, 0.1) is 6.92 Å². The zero-order valence-electron chi connectivity index (χ0n) is 18.5. The number of hydrogen-bond acceptors (Lipinski definition) is 7. The van der Waals surface area contributed by atoms with Gasteiger partial charge in [-0.25, -0.2) is 4.79 Å². The number of carbonyl (C=O) groups excluding carboxylic acids is 4. The molecule has 0 unspecified atom stereocenters. The highest BCUT2D eigenvalue weighted by Gasteiger charge is 2.56. The van der Waals surface area contributed by atoms with Crippen LogP contribution in [0.1, 0.15) is 16.7 Å². The number of allylic oxidation sites excluding steroid dienone is 1. The second-order valence-corrected chi connectivity index (χ2v) is 7.59. The van der Waals surface area contributed by atoms with Crippen LogP contribution in [0.3, 0.4) is 0 Å². The molecular weight excluding hydrogens is 426 g/mol. The quantitative estimate of drug-likeness (QED) is 0.307. The molecule has 4 rings (SSSR count). The van der Waals surface area contributed by atoms with Gasteiger partial charge in [0.1, 0.15) is 5.57 Å². The molecule has 2 heterocycles. The Morgan fingerprint density at radius 2 is 1.45 bits per heavy atom. The van der Waals surface area contributed by atoms with E-state index in [1.807, 2.05) is 19.1 Å². The van der Waals surface area contributed by atoms with E-state index < -0.39 is 29.2 Å². The van der Waals surface area contributed by atoms with Gasteiger partial charge >= 0.3 is 17.9 Å². The first-order chi connectivity index (χ1) is 15.8. The molecule has 8 heteroatoms. The first-order valence-corrected chi connectivity index (χ1v) is 10.1. The first-order valence-electron chi connectivity index (χ1n) is 10.1. The number of ether oxygens (including phenoxy) is 3. The molecule has 0 aromatic heterocycles. The topological polar surface area (TPSA) is 99.2 Å². The summed E-state index contributed by atoms with van der Waals surface area (Å²) in [4.78, 5) is 53.8. The number of rotatable bonds is 4. The van der Waals surface area contributed by atoms with Crippen LogP contribution in [0.25, 0.3) is 5.57 Å². The molecule has 8 nitrogen and oxygen atoms in total. The summed E-state index contributed by atoms with van der Waals surface area (Å²) < 4.78 is 14.9. The van der Waals surface area contributed by atoms with Gasteiger partial charge in [0.05, 0.1) is 32.7 Å². The van der Waals surface area contributed by atoms with Crippen molar-refractivity contribution in [2.24, 2.45) is 0 Å². The van der Waals surface area contributed by atoms with Gasteiger partial charge in [-0.15, -0.1) is 0 Å². The molecule has 0 atom stereocenters. The van der Waals surface area contributed by atoms with Crippen molar-refractivity contribution >= 4 is 35.1 Å². The van der Waals surface area contributed by atoms with Gasteiger partial charge in [-0.1, -0.05) is 48.0 Å². The molecule has 0 bridgehead atoms. The van der Waals surface area contributed by atoms with E-state index in [1.54, 1.807) is 36.4 Å². The van der Waals surface area contributed by atoms with Crippen LogP contribution < -0.4 is 4.90 Å². The number of esters is 3. The van der Waals surface area contributed by atoms with Gasteiger partial charge < -0.3 is 14.2 Å². The highest BCUT2D eigenvalue weighted by Crippen LogP contribution is 2.50. The zero-order valence-corrected chi connectivity index (χ0v) is 18.5. The van der Waals surface area contributed by atoms with Gasteiger partial charge in [0.2, 0.25) is 5.41 Å². The molecule has 0 spiro atoms. The van der Waals surface area contributed by atoms with Crippen molar-refractivity contribution in [1.29, 1.82) is 0 Å². The van der Waals surface area contributed by atoms with E-state index in [9.17, 15) is 19.2 Å². The van der Waals surface area contributed by atoms with E-state index in [-0.39, 0.29) is 28.1 Å². The molecule has 33 heavy (non-hydrogen) atoms. The van der Waals surface area contributed by atoms with Crippen LogP contribution in [0.4, 0.5) is 5.69 Å². The molecule has 1 amide bonds. The van der Waals surface area contributed by atoms with Gasteiger partial charge in [0.25, 0.3) is 5.91 Å². The lowest BCUT2D eigenvalue weighted by molar-refractivity contribution is -0.159. The predicted molar refractivity (Wildman–Crippen MR) is 118 cm³/mol. The number of para-hydroxylation sites is 1. The lowest BCUT2D eigenvalue weighted by Gasteiger charge is -2.36. The summed E-state index contributed by atoms with van der Waals surface area (Å²) in [5.74, 6) is -3.21. The number of carbonyl (C=O) groups is 4. The number of hydrogen-bond donors (Lipinski definition) is 0. The summed E-state index contributed by atoms with van der Waals surface area (Å²) in [6, 6.07) is 13.6. The van der Waals surface area contributed by atoms with E-state index in [2.05, 4.69) is 0 Å². The highest BCUT2D eigenvalue weighted by molar-refractivity contribution is 6.35. The molecule has 2 aliphatic rings. The predicted octanol–water partition coefficient (Wildman–Crippen LogP) is 2.45. The summed E-state index contributed by atoms with van der Waals surface area (Å²) in [7, 11) is 3.51. The van der Waals surface area contributed by atoms with E-state index in [4.69, 9.17) is 14.2 Å². The Morgan fingerprint density at radius 1 is 0.848 bits per heavy atom. The summed E-state index contributed by atoms with van der Waals surface area (Å²) in [5.41, 5.74) is 0.251. The van der Waals surface area contributed by atoms with Crippen LogP contribution >= 0.6 is 0 Å². The van der Waals surface area contributed by atoms with Crippen molar-refractivity contribution in [2.75, 3.05) is 26.2 Å². The molecule has 0 N–H and O–H groups in total. The molecule has 0 saturated heterocycles. The molecule has 2 aliphatic heterocycles. The number of nitrogens with zero attached hydrogens (tertiary/aromatic N) is 1. The van der Waals surface area contributed by atoms with Crippen LogP contribution in [-0.4, -0.2) is 45.1 Å². The van der Waals surface area contributed by atoms with Gasteiger partial charge in [0, 0.05) is 11.1 Å². The lowest BCUT2D eigenvalue weighted by atomic mass is 9.75. The number of amides is 1. The Balaban J connectivity index is 2.12. The van der Waals surface area contributed by atoms with Gasteiger partial charge in [-0.2, -0.15) is 0 Å². The van der Waals surface area contributed by atoms with E-state index >= 15 is 0 Å². The fourth-order valence-electron chi connectivity index (χ4n) is 4.28. The number of fused-ring (bicyclic) bond motifs is 3. The van der Waals surface area contributed by atoms with Crippen molar-refractivity contribution in [2.45, 2.75) is 12.3 Å². The van der Waals surface area contributed by atoms with E-state index in [0.29, 0.717) is 5.56 Å². The maximum Gasteiger partial charge on any atom is 0.344 e. The second kappa shape index (κ2) is 8.05. The Morgan fingerprint density at radius 3 is 2.03 bits per heavy atom. The minimum absolute atomic E-state index is 0.193. The molecule has 2 aromatic rings. The van der Waals surface area contributed by atoms with Gasteiger partial charge in [0.15, 0.2) is 0 Å². The SMILES string of the molecule is COC(=O)C1=C(c2ccc(C)cc2)C2=CC(C(=O)OC)(C(=O)OC)c3ccccc3N2C1=O. The molecular formula is C25H21NO7. The standard InChI is InChI=1S/C25H21NO7/c1-14-9-11-15(12-10-14)19-18-13-25(23(29)32-3,24(30)33-4)16-7-5-6-8-17(16)26(18)21(27)20(19)22(28)31-2/h5-13H,1-4H3. The summed E-state index contributed by atoms with van der Waals surface area (Å²) in [6.45, 7) is 1.90. The Kier molecular flexibility index (Phi) is 5.37. The fraction of sp³-hybridized carbons (Fsp3) is 0.200. The molecule has 0 saturated carbocycles. The maximum atomic E-state index is 13.5. The number of methoxy groups -OCH3 is 3. The van der Waals surface area contributed by atoms with Crippen LogP contribution in [-0.2, 0) is 38.8 Å². The largest absolute Gasteiger partial charge is 0.468 e. The minimum Gasteiger partial charge on any atom is -0.468 e. The highest BCUT2D eigenvalue weighted by atomic mass is 16.5. The first kappa shape index (κ1) is 22.0. The summed E-state index contributed by atoms with van der Waals surface area (Å²) in [5, 5.41) is 0. The zero-order chi connectivity index (χ0) is 23.9. The van der Waals surface area contributed by atoms with Crippen molar-refractivity contribution in [3.8, 4) is 0 Å². The third-order valence-electron chi connectivity index (χ3n) is 5.83. The normalized spacial score (nSPS) is 15.9. The Hall–Kier alpha value is -4.20. The number of anilines is 1. The summed E-state index contributed by atoms with van der Waals surface area (Å²) in [6.07, 6.45) is 1.33. The average Bonchev–Trinajstić information content (AvgIpc) is 3.14. The minimum atomic E-state index is -1.98. The van der Waals surface area contributed by atoms with Crippen molar-refractivity contribution in [3.63, 3.8) is 0 Å². The van der Waals surface area contributed by atoms with Crippen LogP contribution in [0.15, 0.2) is 65.9 Å². The average molecular weight is 447 g/mol. The molecule has 0 aliphatic carbocycles. The van der Waals surface area contributed by atoms with Gasteiger partial charge in [-0.05, 0) is 24.6 Å². The summed E-state index contributed by atoms with van der Waals surface area (Å²) >= 11 is 0. The number of aryl methyl sites for hydroxylation is 1. The van der Waals surface area contributed by atoms with Crippen molar-refractivity contribution < 1.29 is 33.4 Å². The molecule has 2 aromatic carbocycles. The van der Waals surface area contributed by atoms with Crippen molar-refractivity contribution in [1.82, 2.24) is 0 Å². The van der Waals surface area contributed by atoms with Gasteiger partial charge in [-0.3, -0.25) is 19.3 Å². The smallest absolute Gasteiger partial charge is 0.344 e. The Bertz CT molecular complexity index is 1240. The lowest BCUT2D eigenvalue weighted by Crippen LogP contribution is -2.48. The molecule has 0 radical (unpaired) electrons. The van der Waals surface area contributed by atoms with Crippen molar-refractivity contribution in [3.05, 3.63) is 82.6 Å². The fourth-order valence-corrected chi connectivity index (χ4v) is 4.28. The number of benzene rings is 2. The Labute approximate surface area is 190 Å². The molecule has 0 fully saturated rings. The van der Waals surface area contributed by atoms with Crippen LogP contribution in [0.2, 0.25) is 0 Å². The van der Waals surface area contributed by atoms with E-state index in [0.717, 1.165) is 19.8 Å².